The van der Waals surface area contributed by atoms with Crippen LogP contribution in [-0.2, 0) is 0 Å². The maximum Gasteiger partial charge on any atom is 0.164 e. The minimum Gasteiger partial charge on any atom is -0.457 e. The van der Waals surface area contributed by atoms with Crippen LogP contribution in [0.4, 0.5) is 0 Å². The lowest BCUT2D eigenvalue weighted by Crippen LogP contribution is -2.16. The third-order valence-electron chi connectivity index (χ3n) is 2.92. The molecule has 0 aliphatic heterocycles. The van der Waals surface area contributed by atoms with Gasteiger partial charge in [0.1, 0.15) is 11.5 Å². The molecule has 0 unspecified atom stereocenters. The molecule has 0 saturated heterocycles. The molecule has 0 atom stereocenters. The van der Waals surface area contributed by atoms with Crippen LogP contribution in [0.3, 0.4) is 0 Å². The highest BCUT2D eigenvalue weighted by atomic mass is 16.5. The molecule has 0 aromatic heterocycles. The number of ketones is 1. The second kappa shape index (κ2) is 6.87. The largest absolute Gasteiger partial charge is 0.457 e. The van der Waals surface area contributed by atoms with Gasteiger partial charge in [-0.2, -0.15) is 0 Å². The molecular formula is C17H19NO2. The third-order valence-corrected chi connectivity index (χ3v) is 2.92. The highest BCUT2D eigenvalue weighted by Crippen LogP contribution is 2.22. The van der Waals surface area contributed by atoms with E-state index >= 15 is 0 Å². The third kappa shape index (κ3) is 4.21. The van der Waals surface area contributed by atoms with Crippen LogP contribution in [0.25, 0.3) is 0 Å². The molecular weight excluding hydrogens is 250 g/mol. The number of hydrogen-bond donors (Lipinski definition) is 0. The molecule has 2 aromatic rings. The zero-order valence-corrected chi connectivity index (χ0v) is 11.9. The molecule has 0 saturated carbocycles. The first kappa shape index (κ1) is 14.3. The minimum atomic E-state index is 0.136. The van der Waals surface area contributed by atoms with Crippen molar-refractivity contribution in [2.45, 2.75) is 6.42 Å². The normalized spacial score (nSPS) is 10.6. The van der Waals surface area contributed by atoms with E-state index in [-0.39, 0.29) is 5.78 Å². The van der Waals surface area contributed by atoms with Gasteiger partial charge in [0.05, 0.1) is 0 Å². The van der Waals surface area contributed by atoms with E-state index in [9.17, 15) is 4.79 Å². The van der Waals surface area contributed by atoms with Gasteiger partial charge in [-0.25, -0.2) is 0 Å². The Morgan fingerprint density at radius 2 is 1.70 bits per heavy atom. The van der Waals surface area contributed by atoms with Crippen LogP contribution in [0.5, 0.6) is 11.5 Å². The first-order valence-corrected chi connectivity index (χ1v) is 6.66. The summed E-state index contributed by atoms with van der Waals surface area (Å²) in [7, 11) is 3.92. The maximum absolute atomic E-state index is 12.1. The molecule has 0 aliphatic carbocycles. The van der Waals surface area contributed by atoms with Crippen LogP contribution in [0.15, 0.2) is 54.6 Å². The summed E-state index contributed by atoms with van der Waals surface area (Å²) in [5, 5.41) is 0. The first-order chi connectivity index (χ1) is 9.65. The van der Waals surface area contributed by atoms with Crippen LogP contribution in [0.1, 0.15) is 16.8 Å². The summed E-state index contributed by atoms with van der Waals surface area (Å²) in [6.45, 7) is 0.753. The van der Waals surface area contributed by atoms with E-state index in [1.54, 1.807) is 6.07 Å². The summed E-state index contributed by atoms with van der Waals surface area (Å²) in [5.74, 6) is 1.59. The fourth-order valence-corrected chi connectivity index (χ4v) is 1.83. The van der Waals surface area contributed by atoms with Gasteiger partial charge in [0.25, 0.3) is 0 Å². The van der Waals surface area contributed by atoms with Gasteiger partial charge >= 0.3 is 0 Å². The summed E-state index contributed by atoms with van der Waals surface area (Å²) >= 11 is 0. The Balaban J connectivity index is 2.06. The Labute approximate surface area is 119 Å². The van der Waals surface area contributed by atoms with Gasteiger partial charge < -0.3 is 9.64 Å². The monoisotopic (exact) mass is 269 g/mol. The lowest BCUT2D eigenvalue weighted by Gasteiger charge is -2.09. The molecule has 2 rings (SSSR count). The van der Waals surface area contributed by atoms with Crippen LogP contribution in [0.2, 0.25) is 0 Å². The summed E-state index contributed by atoms with van der Waals surface area (Å²) in [6, 6.07) is 16.9. The second-order valence-corrected chi connectivity index (χ2v) is 4.92. The van der Waals surface area contributed by atoms with Crippen molar-refractivity contribution in [1.29, 1.82) is 0 Å². The summed E-state index contributed by atoms with van der Waals surface area (Å²) < 4.78 is 5.73. The molecule has 0 aliphatic rings. The smallest absolute Gasteiger partial charge is 0.164 e. The number of carbonyl (C=O) groups excluding carboxylic acids is 1. The summed E-state index contributed by atoms with van der Waals surface area (Å²) in [6.07, 6.45) is 0.516. The molecule has 0 radical (unpaired) electrons. The molecule has 0 heterocycles. The average Bonchev–Trinajstić information content (AvgIpc) is 2.46. The van der Waals surface area contributed by atoms with Gasteiger partial charge in [-0.05, 0) is 38.4 Å². The Bertz CT molecular complexity index is 564. The highest BCUT2D eigenvalue weighted by molar-refractivity contribution is 5.96. The van der Waals surface area contributed by atoms with Crippen LogP contribution < -0.4 is 4.74 Å². The van der Waals surface area contributed by atoms with Gasteiger partial charge in [-0.1, -0.05) is 30.3 Å². The number of rotatable bonds is 6. The van der Waals surface area contributed by atoms with Crippen molar-refractivity contribution >= 4 is 5.78 Å². The zero-order chi connectivity index (χ0) is 14.4. The quantitative estimate of drug-likeness (QED) is 0.750. The number of hydrogen-bond acceptors (Lipinski definition) is 3. The molecule has 3 heteroatoms. The number of nitrogens with zero attached hydrogens (tertiary/aromatic N) is 1. The second-order valence-electron chi connectivity index (χ2n) is 4.92. The van der Waals surface area contributed by atoms with Gasteiger partial charge in [-0.15, -0.1) is 0 Å². The Morgan fingerprint density at radius 3 is 2.40 bits per heavy atom. The standard InChI is InChI=1S/C17H19NO2/c1-18(2)12-11-17(19)14-7-6-10-16(13-14)20-15-8-4-3-5-9-15/h3-10,13H,11-12H2,1-2H3. The van der Waals surface area contributed by atoms with Crippen molar-refractivity contribution in [3.8, 4) is 11.5 Å². The van der Waals surface area contributed by atoms with E-state index in [1.165, 1.54) is 0 Å². The van der Waals surface area contributed by atoms with Gasteiger partial charge in [0.2, 0.25) is 0 Å². The van der Waals surface area contributed by atoms with Gasteiger partial charge in [-0.3, -0.25) is 4.79 Å². The van der Waals surface area contributed by atoms with Crippen LogP contribution in [-0.4, -0.2) is 31.3 Å². The first-order valence-electron chi connectivity index (χ1n) is 6.66. The molecule has 0 fully saturated rings. The van der Waals surface area contributed by atoms with Crippen molar-refractivity contribution in [2.24, 2.45) is 0 Å². The number of Topliss-reactive ketones (excluding diaryl/α,β-unsaturated/α-hetero) is 1. The molecule has 2 aromatic carbocycles. The fourth-order valence-electron chi connectivity index (χ4n) is 1.83. The van der Waals surface area contributed by atoms with Crippen LogP contribution in [0, 0.1) is 0 Å². The van der Waals surface area contributed by atoms with Crippen LogP contribution >= 0.6 is 0 Å². The van der Waals surface area contributed by atoms with Gasteiger partial charge in [0.15, 0.2) is 5.78 Å². The van der Waals surface area contributed by atoms with Crippen molar-refractivity contribution in [3.63, 3.8) is 0 Å². The van der Waals surface area contributed by atoms with E-state index in [4.69, 9.17) is 4.74 Å². The molecule has 0 N–H and O–H groups in total. The SMILES string of the molecule is CN(C)CCC(=O)c1cccc(Oc2ccccc2)c1. The van der Waals surface area contributed by atoms with Crippen molar-refractivity contribution < 1.29 is 9.53 Å². The number of benzene rings is 2. The van der Waals surface area contributed by atoms with Crippen molar-refractivity contribution in [3.05, 3.63) is 60.2 Å². The van der Waals surface area contributed by atoms with E-state index in [0.717, 1.165) is 12.3 Å². The predicted molar refractivity (Wildman–Crippen MR) is 80.5 cm³/mol. The summed E-state index contributed by atoms with van der Waals surface area (Å²) in [4.78, 5) is 14.1. The molecule has 20 heavy (non-hydrogen) atoms. The Morgan fingerprint density at radius 1 is 1.00 bits per heavy atom. The van der Waals surface area contributed by atoms with E-state index in [0.29, 0.717) is 17.7 Å². The molecule has 0 spiro atoms. The fraction of sp³-hybridized carbons (Fsp3) is 0.235. The van der Waals surface area contributed by atoms with E-state index in [1.807, 2.05) is 67.5 Å². The number of carbonyl (C=O) groups is 1. The Kier molecular flexibility index (Phi) is 4.91. The summed E-state index contributed by atoms with van der Waals surface area (Å²) in [5.41, 5.74) is 0.695. The number of para-hydroxylation sites is 1. The van der Waals surface area contributed by atoms with Crippen molar-refractivity contribution in [1.82, 2.24) is 4.90 Å². The molecule has 3 nitrogen and oxygen atoms in total. The lowest BCUT2D eigenvalue weighted by atomic mass is 10.1. The lowest BCUT2D eigenvalue weighted by molar-refractivity contribution is 0.0972. The number of ether oxygens (including phenoxy) is 1. The minimum absolute atomic E-state index is 0.136. The molecule has 104 valence electrons. The zero-order valence-electron chi connectivity index (χ0n) is 11.9. The maximum atomic E-state index is 12.1. The van der Waals surface area contributed by atoms with Crippen molar-refractivity contribution in [2.75, 3.05) is 20.6 Å². The highest BCUT2D eigenvalue weighted by Gasteiger charge is 2.07. The Hall–Kier alpha value is -2.13. The van der Waals surface area contributed by atoms with E-state index in [2.05, 4.69) is 0 Å². The topological polar surface area (TPSA) is 29.5 Å². The van der Waals surface area contributed by atoms with E-state index < -0.39 is 0 Å². The van der Waals surface area contributed by atoms with Gasteiger partial charge in [0, 0.05) is 18.5 Å². The molecule has 0 bridgehead atoms. The molecule has 0 amide bonds. The predicted octanol–water partition coefficient (Wildman–Crippen LogP) is 3.61. The average molecular weight is 269 g/mol.